The first-order valence-electron chi connectivity index (χ1n) is 5.25. The second-order valence-corrected chi connectivity index (χ2v) is 4.69. The first-order valence-corrected chi connectivity index (χ1v) is 5.66. The second kappa shape index (κ2) is 5.42. The lowest BCUT2D eigenvalue weighted by atomic mass is 9.96. The molecular formula is C10H18N2O2S. The first-order chi connectivity index (χ1) is 7.00. The number of rotatable bonds is 4. The molecule has 86 valence electrons. The van der Waals surface area contributed by atoms with Crippen molar-refractivity contribution in [2.75, 3.05) is 19.6 Å². The van der Waals surface area contributed by atoms with Crippen molar-refractivity contribution in [3.63, 3.8) is 0 Å². The number of thiocarbonyl (C=S) groups is 1. The molecule has 1 atom stereocenters. The van der Waals surface area contributed by atoms with Crippen LogP contribution in [0.2, 0.25) is 0 Å². The quantitative estimate of drug-likeness (QED) is 0.696. The molecule has 3 N–H and O–H groups in total. The maximum absolute atomic E-state index is 10.7. The molecule has 0 amide bonds. The van der Waals surface area contributed by atoms with Crippen molar-refractivity contribution >= 4 is 23.2 Å². The minimum Gasteiger partial charge on any atom is -0.481 e. The molecule has 0 aromatic heterocycles. The van der Waals surface area contributed by atoms with Crippen molar-refractivity contribution in [2.45, 2.75) is 19.8 Å². The van der Waals surface area contributed by atoms with Gasteiger partial charge in [0.25, 0.3) is 0 Å². The van der Waals surface area contributed by atoms with Crippen LogP contribution in [-0.2, 0) is 4.79 Å². The molecule has 1 saturated heterocycles. The van der Waals surface area contributed by atoms with Gasteiger partial charge in [0.15, 0.2) is 0 Å². The zero-order valence-corrected chi connectivity index (χ0v) is 9.80. The Balaban J connectivity index is 2.31. The zero-order chi connectivity index (χ0) is 11.4. The van der Waals surface area contributed by atoms with Crippen molar-refractivity contribution in [2.24, 2.45) is 17.6 Å². The molecule has 1 unspecified atom stereocenters. The van der Waals surface area contributed by atoms with Crippen molar-refractivity contribution in [3.05, 3.63) is 0 Å². The van der Waals surface area contributed by atoms with Crippen LogP contribution in [0.25, 0.3) is 0 Å². The summed E-state index contributed by atoms with van der Waals surface area (Å²) in [6, 6.07) is 0. The predicted octanol–water partition coefficient (Wildman–Crippen LogP) is 0.705. The van der Waals surface area contributed by atoms with E-state index in [2.05, 4.69) is 4.90 Å². The minimum absolute atomic E-state index is 0.165. The third-order valence-electron chi connectivity index (χ3n) is 2.95. The van der Waals surface area contributed by atoms with Crippen molar-refractivity contribution in [3.8, 4) is 0 Å². The number of aliphatic carboxylic acids is 1. The van der Waals surface area contributed by atoms with Gasteiger partial charge >= 0.3 is 5.97 Å². The van der Waals surface area contributed by atoms with E-state index in [1.165, 1.54) is 0 Å². The molecule has 0 aromatic carbocycles. The Labute approximate surface area is 95.4 Å². The lowest BCUT2D eigenvalue weighted by Gasteiger charge is -2.31. The molecule has 0 aromatic rings. The third kappa shape index (κ3) is 3.76. The monoisotopic (exact) mass is 230 g/mol. The molecule has 0 spiro atoms. The molecule has 0 aliphatic carbocycles. The zero-order valence-electron chi connectivity index (χ0n) is 8.98. The van der Waals surface area contributed by atoms with Crippen LogP contribution >= 0.6 is 12.2 Å². The number of hydrogen-bond acceptors (Lipinski definition) is 3. The fraction of sp³-hybridized carbons (Fsp3) is 0.800. The largest absolute Gasteiger partial charge is 0.481 e. The van der Waals surface area contributed by atoms with Gasteiger partial charge in [0.2, 0.25) is 0 Å². The van der Waals surface area contributed by atoms with Crippen LogP contribution in [0.4, 0.5) is 0 Å². The van der Waals surface area contributed by atoms with E-state index in [0.29, 0.717) is 4.99 Å². The van der Waals surface area contributed by atoms with E-state index in [1.807, 2.05) is 6.92 Å². The van der Waals surface area contributed by atoms with Gasteiger partial charge in [-0.2, -0.15) is 0 Å². The average Bonchev–Trinajstić information content (AvgIpc) is 2.18. The van der Waals surface area contributed by atoms with E-state index in [9.17, 15) is 4.79 Å². The molecule has 1 aliphatic heterocycles. The highest BCUT2D eigenvalue weighted by Crippen LogP contribution is 2.18. The van der Waals surface area contributed by atoms with Gasteiger partial charge in [0.05, 0.1) is 10.9 Å². The van der Waals surface area contributed by atoms with Crippen LogP contribution in [0.1, 0.15) is 19.8 Å². The maximum atomic E-state index is 10.7. The van der Waals surface area contributed by atoms with Crippen LogP contribution in [0, 0.1) is 11.8 Å². The summed E-state index contributed by atoms with van der Waals surface area (Å²) in [4.78, 5) is 13.5. The molecule has 1 aliphatic rings. The topological polar surface area (TPSA) is 66.6 Å². The summed E-state index contributed by atoms with van der Waals surface area (Å²) in [5, 5.41) is 8.84. The van der Waals surface area contributed by atoms with Crippen molar-refractivity contribution < 1.29 is 9.90 Å². The number of carboxylic acids is 1. The summed E-state index contributed by atoms with van der Waals surface area (Å²) in [6.07, 6.45) is 1.47. The summed E-state index contributed by atoms with van der Waals surface area (Å²) in [7, 11) is 0. The van der Waals surface area contributed by atoms with E-state index < -0.39 is 5.97 Å². The highest BCUT2D eigenvalue weighted by Gasteiger charge is 2.25. The van der Waals surface area contributed by atoms with Crippen LogP contribution in [0.3, 0.4) is 0 Å². The summed E-state index contributed by atoms with van der Waals surface area (Å²) in [5.74, 6) is -0.625. The number of piperidine rings is 1. The van der Waals surface area contributed by atoms with Crippen LogP contribution in [-0.4, -0.2) is 40.6 Å². The average molecular weight is 230 g/mol. The Morgan fingerprint density at radius 1 is 1.60 bits per heavy atom. The van der Waals surface area contributed by atoms with E-state index in [-0.39, 0.29) is 11.8 Å². The van der Waals surface area contributed by atoms with E-state index in [1.54, 1.807) is 0 Å². The number of hydrogen-bond donors (Lipinski definition) is 2. The second-order valence-electron chi connectivity index (χ2n) is 4.22. The maximum Gasteiger partial charge on any atom is 0.306 e. The summed E-state index contributed by atoms with van der Waals surface area (Å²) >= 11 is 4.91. The Morgan fingerprint density at radius 2 is 2.13 bits per heavy atom. The smallest absolute Gasteiger partial charge is 0.306 e. The van der Waals surface area contributed by atoms with Crippen LogP contribution < -0.4 is 5.73 Å². The Morgan fingerprint density at radius 3 is 2.53 bits per heavy atom. The predicted molar refractivity (Wildman–Crippen MR) is 62.7 cm³/mol. The highest BCUT2D eigenvalue weighted by molar-refractivity contribution is 7.80. The Bertz CT molecular complexity index is 250. The minimum atomic E-state index is -0.669. The van der Waals surface area contributed by atoms with Gasteiger partial charge in [-0.25, -0.2) is 0 Å². The highest BCUT2D eigenvalue weighted by atomic mass is 32.1. The van der Waals surface area contributed by atoms with E-state index >= 15 is 0 Å². The summed E-state index contributed by atoms with van der Waals surface area (Å²) in [6.45, 7) is 4.53. The molecule has 0 saturated carbocycles. The molecule has 15 heavy (non-hydrogen) atoms. The van der Waals surface area contributed by atoms with Gasteiger partial charge in [-0.3, -0.25) is 4.79 Å². The van der Waals surface area contributed by atoms with Gasteiger partial charge in [-0.15, -0.1) is 0 Å². The lowest BCUT2D eigenvalue weighted by molar-refractivity contribution is -0.143. The molecule has 1 rings (SSSR count). The number of nitrogens with two attached hydrogens (primary N) is 1. The molecule has 0 bridgehead atoms. The van der Waals surface area contributed by atoms with Crippen LogP contribution in [0.5, 0.6) is 0 Å². The third-order valence-corrected chi connectivity index (χ3v) is 3.36. The fourth-order valence-electron chi connectivity index (χ4n) is 1.84. The Hall–Kier alpha value is -0.680. The molecule has 0 radical (unpaired) electrons. The van der Waals surface area contributed by atoms with Crippen molar-refractivity contribution in [1.82, 2.24) is 4.90 Å². The van der Waals surface area contributed by atoms with Gasteiger partial charge in [0, 0.05) is 12.5 Å². The summed E-state index contributed by atoms with van der Waals surface area (Å²) in [5.41, 5.74) is 5.54. The SMILES string of the molecule is CC(CN1CCC(C(=O)O)CC1)C(N)=S. The van der Waals surface area contributed by atoms with E-state index in [4.69, 9.17) is 23.1 Å². The summed E-state index contributed by atoms with van der Waals surface area (Å²) < 4.78 is 0. The van der Waals surface area contributed by atoms with Gasteiger partial charge in [0.1, 0.15) is 0 Å². The number of likely N-dealkylation sites (tertiary alicyclic amines) is 1. The molecule has 5 heteroatoms. The number of carbonyl (C=O) groups is 1. The van der Waals surface area contributed by atoms with E-state index in [0.717, 1.165) is 32.5 Å². The van der Waals surface area contributed by atoms with Crippen molar-refractivity contribution in [1.29, 1.82) is 0 Å². The fourth-order valence-corrected chi connectivity index (χ4v) is 1.91. The normalized spacial score (nSPS) is 21.1. The molecular weight excluding hydrogens is 212 g/mol. The lowest BCUT2D eigenvalue weighted by Crippen LogP contribution is -2.40. The first kappa shape index (κ1) is 12.4. The molecule has 1 fully saturated rings. The Kier molecular flexibility index (Phi) is 4.47. The number of nitrogens with zero attached hydrogens (tertiary/aromatic N) is 1. The van der Waals surface area contributed by atoms with Gasteiger partial charge < -0.3 is 15.7 Å². The van der Waals surface area contributed by atoms with Gasteiger partial charge in [-0.1, -0.05) is 19.1 Å². The van der Waals surface area contributed by atoms with Crippen LogP contribution in [0.15, 0.2) is 0 Å². The standard InChI is InChI=1S/C10H18N2O2S/c1-7(9(11)15)6-12-4-2-8(3-5-12)10(13)14/h7-8H,2-6H2,1H3,(H2,11,15)(H,13,14). The molecule has 1 heterocycles. The molecule has 4 nitrogen and oxygen atoms in total. The van der Waals surface area contributed by atoms with Gasteiger partial charge in [-0.05, 0) is 25.9 Å². The number of carboxylic acid groups (broad SMARTS) is 1.